The molecule has 0 aliphatic rings. The van der Waals surface area contributed by atoms with Gasteiger partial charge in [-0.2, -0.15) is 16.8 Å². The van der Waals surface area contributed by atoms with Crippen LogP contribution in [0.25, 0.3) is 0 Å². The predicted molar refractivity (Wildman–Crippen MR) is 41.3 cm³/mol. The zero-order valence-corrected chi connectivity index (χ0v) is 8.31. The third-order valence-corrected chi connectivity index (χ3v) is 4.25. The first kappa shape index (κ1) is 11.8. The van der Waals surface area contributed by atoms with E-state index < -0.39 is 25.3 Å². The molecule has 0 bridgehead atoms. The summed E-state index contributed by atoms with van der Waals surface area (Å²) in [7, 11) is -7.14. The van der Waals surface area contributed by atoms with Gasteiger partial charge in [-0.25, -0.2) is 0 Å². The highest BCUT2D eigenvalue weighted by molar-refractivity contribution is 8.03. The minimum Gasteiger partial charge on any atom is -0.273 e. The van der Waals surface area contributed by atoms with Gasteiger partial charge in [0.25, 0.3) is 20.2 Å². The van der Waals surface area contributed by atoms with E-state index in [1.54, 1.807) is 0 Å². The Bertz CT molecular complexity index is 311. The summed E-state index contributed by atoms with van der Waals surface area (Å²) in [6, 6.07) is 0. The van der Waals surface area contributed by atoms with E-state index in [0.29, 0.717) is 0 Å². The second-order valence-electron chi connectivity index (χ2n) is 1.81. The first-order valence-corrected chi connectivity index (χ1v) is 6.14. The summed E-state index contributed by atoms with van der Waals surface area (Å²) in [5, 5.41) is -1.15. The van der Waals surface area contributed by atoms with Crippen molar-refractivity contribution in [2.45, 2.75) is 6.92 Å². The minimum absolute atomic E-state index is 0.0957. The van der Waals surface area contributed by atoms with Gasteiger partial charge < -0.3 is 0 Å². The zero-order chi connectivity index (χ0) is 9.83. The highest BCUT2D eigenvalue weighted by Crippen LogP contribution is 2.00. The molecule has 0 N–H and O–H groups in total. The fraction of sp³-hybridized carbons (Fsp3) is 1.00. The second kappa shape index (κ2) is 4.17. The molecule has 0 radical (unpaired) electrons. The lowest BCUT2D eigenvalue weighted by Gasteiger charge is -2.02. The highest BCUT2D eigenvalue weighted by atomic mass is 32.3. The molecule has 0 aromatic heterocycles. The number of hydrogen-bond acceptors (Lipinski definition) is 6. The van der Waals surface area contributed by atoms with Gasteiger partial charge in [-0.3, -0.25) is 8.37 Å². The van der Waals surface area contributed by atoms with Crippen molar-refractivity contribution >= 4 is 20.2 Å². The van der Waals surface area contributed by atoms with Crippen LogP contribution in [0.4, 0.5) is 0 Å². The average Bonchev–Trinajstić information content (AvgIpc) is 1.85. The van der Waals surface area contributed by atoms with Gasteiger partial charge >= 0.3 is 0 Å². The molecule has 0 heterocycles. The molecule has 74 valence electrons. The van der Waals surface area contributed by atoms with Gasteiger partial charge in [-0.1, -0.05) is 0 Å². The van der Waals surface area contributed by atoms with Crippen LogP contribution in [0.5, 0.6) is 0 Å². The standard InChI is InChI=1S/C4H10O6S2/c1-3-10-12(7,8)4-11(5,6)9-2/h3-4H2,1-2H3. The lowest BCUT2D eigenvalue weighted by atomic mass is 10.9. The van der Waals surface area contributed by atoms with Crippen molar-refractivity contribution in [3.63, 3.8) is 0 Å². The van der Waals surface area contributed by atoms with E-state index in [1.165, 1.54) is 6.92 Å². The van der Waals surface area contributed by atoms with E-state index in [-0.39, 0.29) is 6.61 Å². The highest BCUT2D eigenvalue weighted by Gasteiger charge is 2.21. The van der Waals surface area contributed by atoms with Crippen molar-refractivity contribution < 1.29 is 25.2 Å². The summed E-state index contributed by atoms with van der Waals surface area (Å²) in [6.45, 7) is 1.35. The number of hydrogen-bond donors (Lipinski definition) is 0. The fourth-order valence-electron chi connectivity index (χ4n) is 0.438. The van der Waals surface area contributed by atoms with Crippen LogP contribution in [-0.2, 0) is 28.6 Å². The summed E-state index contributed by atoms with van der Waals surface area (Å²) in [4.78, 5) is 0. The maximum absolute atomic E-state index is 10.7. The Balaban J connectivity index is 4.47. The minimum atomic E-state index is -4.01. The molecule has 12 heavy (non-hydrogen) atoms. The van der Waals surface area contributed by atoms with Crippen molar-refractivity contribution in [3.8, 4) is 0 Å². The van der Waals surface area contributed by atoms with Crippen LogP contribution in [0.2, 0.25) is 0 Å². The van der Waals surface area contributed by atoms with Crippen LogP contribution in [-0.4, -0.2) is 35.6 Å². The zero-order valence-electron chi connectivity index (χ0n) is 6.68. The molecule has 0 unspecified atom stereocenters. The van der Waals surface area contributed by atoms with E-state index >= 15 is 0 Å². The molecule has 0 aliphatic carbocycles. The number of rotatable bonds is 5. The van der Waals surface area contributed by atoms with Gasteiger partial charge in [-0.15, -0.1) is 0 Å². The van der Waals surface area contributed by atoms with Crippen molar-refractivity contribution in [1.29, 1.82) is 0 Å². The summed E-state index contributed by atoms with van der Waals surface area (Å²) in [6.07, 6.45) is 0. The first-order valence-electron chi connectivity index (χ1n) is 2.98. The molecule has 0 amide bonds. The largest absolute Gasteiger partial charge is 0.284 e. The van der Waals surface area contributed by atoms with Gasteiger partial charge in [0.15, 0.2) is 0 Å². The molecule has 0 aromatic carbocycles. The lowest BCUT2D eigenvalue weighted by Crippen LogP contribution is -2.19. The molecule has 0 spiro atoms. The van der Waals surface area contributed by atoms with Crippen molar-refractivity contribution in [2.75, 3.05) is 18.8 Å². The maximum atomic E-state index is 10.7. The third-order valence-electron chi connectivity index (χ3n) is 0.840. The third kappa shape index (κ3) is 4.65. The molecule has 0 aliphatic heterocycles. The second-order valence-corrected chi connectivity index (χ2v) is 5.55. The van der Waals surface area contributed by atoms with E-state index in [0.717, 1.165) is 7.11 Å². The van der Waals surface area contributed by atoms with Crippen molar-refractivity contribution in [2.24, 2.45) is 0 Å². The van der Waals surface area contributed by atoms with E-state index in [4.69, 9.17) is 0 Å². The molecule has 0 aromatic rings. The van der Waals surface area contributed by atoms with Crippen LogP contribution in [0, 0.1) is 0 Å². The maximum Gasteiger partial charge on any atom is 0.284 e. The van der Waals surface area contributed by atoms with Crippen LogP contribution in [0.1, 0.15) is 6.92 Å². The summed E-state index contributed by atoms with van der Waals surface area (Å²) in [5.74, 6) is 0. The summed E-state index contributed by atoms with van der Waals surface area (Å²) in [5.41, 5.74) is 0. The SMILES string of the molecule is CCOS(=O)(=O)CS(=O)(=O)OC. The molecule has 0 saturated carbocycles. The van der Waals surface area contributed by atoms with Gasteiger partial charge in [0.2, 0.25) is 5.08 Å². The lowest BCUT2D eigenvalue weighted by molar-refractivity contribution is 0.338. The Morgan fingerprint density at radius 1 is 1.08 bits per heavy atom. The molecule has 0 atom stereocenters. The van der Waals surface area contributed by atoms with Crippen molar-refractivity contribution in [1.82, 2.24) is 0 Å². The molecule has 8 heteroatoms. The van der Waals surface area contributed by atoms with E-state index in [1.807, 2.05) is 0 Å². The van der Waals surface area contributed by atoms with Gasteiger partial charge in [0, 0.05) is 0 Å². The smallest absolute Gasteiger partial charge is 0.273 e. The van der Waals surface area contributed by atoms with E-state index in [2.05, 4.69) is 8.37 Å². The first-order chi connectivity index (χ1) is 5.33. The predicted octanol–water partition coefficient (Wildman–Crippen LogP) is -0.714. The monoisotopic (exact) mass is 218 g/mol. The van der Waals surface area contributed by atoms with Crippen LogP contribution in [0.15, 0.2) is 0 Å². The Kier molecular flexibility index (Phi) is 4.11. The Morgan fingerprint density at radius 2 is 1.58 bits per heavy atom. The molecular weight excluding hydrogens is 208 g/mol. The van der Waals surface area contributed by atoms with Crippen molar-refractivity contribution in [3.05, 3.63) is 0 Å². The molecule has 0 saturated heterocycles. The van der Waals surface area contributed by atoms with E-state index in [9.17, 15) is 16.8 Å². The normalized spacial score (nSPS) is 13.2. The quantitative estimate of drug-likeness (QED) is 0.566. The van der Waals surface area contributed by atoms with Crippen LogP contribution < -0.4 is 0 Å². The molecule has 6 nitrogen and oxygen atoms in total. The summed E-state index contributed by atoms with van der Waals surface area (Å²) >= 11 is 0. The topological polar surface area (TPSA) is 86.7 Å². The van der Waals surface area contributed by atoms with Crippen LogP contribution in [0.3, 0.4) is 0 Å². The molecule has 0 fully saturated rings. The van der Waals surface area contributed by atoms with Gasteiger partial charge in [-0.05, 0) is 6.92 Å². The summed E-state index contributed by atoms with van der Waals surface area (Å²) < 4.78 is 50.8. The fourth-order valence-corrected chi connectivity index (χ4v) is 2.87. The average molecular weight is 218 g/mol. The van der Waals surface area contributed by atoms with Gasteiger partial charge in [0.1, 0.15) is 0 Å². The Morgan fingerprint density at radius 3 is 1.92 bits per heavy atom. The Hall–Kier alpha value is -0.180. The van der Waals surface area contributed by atoms with Crippen LogP contribution >= 0.6 is 0 Å². The molecule has 0 rings (SSSR count). The molecular formula is C4H10O6S2. The van der Waals surface area contributed by atoms with Gasteiger partial charge in [0.05, 0.1) is 13.7 Å². The Labute approximate surface area is 71.7 Å².